The second-order valence-corrected chi connectivity index (χ2v) is 7.09. The molecular weight excluding hydrogens is 356 g/mol. The number of halogens is 2. The molecule has 2 aromatic rings. The minimum Gasteiger partial charge on any atom is -0.478 e. The molecule has 1 aliphatic rings. The topological polar surface area (TPSA) is 75.4 Å². The van der Waals surface area contributed by atoms with Gasteiger partial charge >= 0.3 is 5.97 Å². The van der Waals surface area contributed by atoms with Crippen molar-refractivity contribution in [3.05, 3.63) is 52.3 Å². The molecule has 1 N–H and O–H groups in total. The van der Waals surface area contributed by atoms with Crippen LogP contribution in [0.1, 0.15) is 57.8 Å². The number of carboxylic acids is 1. The molecule has 0 atom stereocenters. The fraction of sp³-hybridized carbons (Fsp3) is 0.421. The van der Waals surface area contributed by atoms with Crippen LogP contribution in [0.5, 0.6) is 0 Å². The summed E-state index contributed by atoms with van der Waals surface area (Å²) in [5, 5.41) is 13.1. The lowest BCUT2D eigenvalue weighted by Crippen LogP contribution is -2.36. The van der Waals surface area contributed by atoms with Crippen molar-refractivity contribution in [2.75, 3.05) is 6.54 Å². The predicted octanol–water partition coefficient (Wildman–Crippen LogP) is 3.37. The number of fused-ring (bicyclic) bond motifs is 1. The molecule has 1 aromatic carbocycles. The zero-order chi connectivity index (χ0) is 19.7. The van der Waals surface area contributed by atoms with E-state index in [4.69, 9.17) is 5.11 Å². The van der Waals surface area contributed by atoms with Crippen LogP contribution in [0, 0.1) is 5.92 Å². The summed E-state index contributed by atoms with van der Waals surface area (Å²) in [4.78, 5) is 25.5. The molecule has 3 rings (SSSR count). The lowest BCUT2D eigenvalue weighted by Gasteiger charge is -2.29. The number of carbonyl (C=O) groups is 2. The first kappa shape index (κ1) is 19.0. The number of alkyl halides is 2. The molecule has 0 aliphatic carbocycles. The average molecular weight is 377 g/mol. The molecule has 0 fully saturated rings. The molecule has 0 saturated carbocycles. The minimum atomic E-state index is -2.80. The Morgan fingerprint density at radius 3 is 2.63 bits per heavy atom. The monoisotopic (exact) mass is 377 g/mol. The van der Waals surface area contributed by atoms with Gasteiger partial charge in [-0.15, -0.1) is 0 Å². The van der Waals surface area contributed by atoms with Crippen molar-refractivity contribution in [2.45, 2.75) is 39.8 Å². The molecular formula is C19H21F2N3O3. The average Bonchev–Trinajstić information content (AvgIpc) is 3.03. The van der Waals surface area contributed by atoms with Crippen molar-refractivity contribution in [1.29, 1.82) is 0 Å². The second kappa shape index (κ2) is 7.46. The van der Waals surface area contributed by atoms with Crippen LogP contribution in [0.3, 0.4) is 0 Å². The van der Waals surface area contributed by atoms with Crippen LogP contribution in [0.25, 0.3) is 0 Å². The van der Waals surface area contributed by atoms with E-state index in [1.807, 2.05) is 13.8 Å². The van der Waals surface area contributed by atoms with Gasteiger partial charge in [0.2, 0.25) is 0 Å². The Labute approximate surface area is 155 Å². The van der Waals surface area contributed by atoms with E-state index in [1.54, 1.807) is 6.07 Å². The lowest BCUT2D eigenvalue weighted by atomic mass is 9.97. The van der Waals surface area contributed by atoms with Crippen LogP contribution in [0.2, 0.25) is 0 Å². The Morgan fingerprint density at radius 1 is 1.26 bits per heavy atom. The Balaban J connectivity index is 1.88. The molecule has 0 saturated heterocycles. The van der Waals surface area contributed by atoms with Crippen molar-refractivity contribution >= 4 is 11.9 Å². The smallest absolute Gasteiger partial charge is 0.335 e. The summed E-state index contributed by atoms with van der Waals surface area (Å²) in [6, 6.07) is 4.81. The molecule has 1 aromatic heterocycles. The standard InChI is InChI=1S/C19H21F2N3O3/c1-11(2)9-24-16(17(20)21)15(8-22-24)18(25)23-6-5-12-3-4-13(19(26)27)7-14(12)10-23/h3-4,7-8,11,17H,5-6,9-10H2,1-2H3,(H,26,27). The Morgan fingerprint density at radius 2 is 2.00 bits per heavy atom. The summed E-state index contributed by atoms with van der Waals surface area (Å²) in [5.74, 6) is -1.44. The third-order valence-electron chi connectivity index (χ3n) is 4.61. The van der Waals surface area contributed by atoms with Gasteiger partial charge < -0.3 is 10.0 Å². The number of rotatable bonds is 5. The van der Waals surface area contributed by atoms with E-state index in [9.17, 15) is 18.4 Å². The first-order valence-electron chi connectivity index (χ1n) is 8.76. The third-order valence-corrected chi connectivity index (χ3v) is 4.61. The molecule has 6 nitrogen and oxygen atoms in total. The van der Waals surface area contributed by atoms with E-state index in [1.165, 1.54) is 27.9 Å². The third kappa shape index (κ3) is 3.84. The first-order valence-corrected chi connectivity index (χ1v) is 8.76. The van der Waals surface area contributed by atoms with E-state index in [2.05, 4.69) is 5.10 Å². The number of carboxylic acid groups (broad SMARTS) is 1. The summed E-state index contributed by atoms with van der Waals surface area (Å²) >= 11 is 0. The molecule has 8 heteroatoms. The number of hydrogen-bond acceptors (Lipinski definition) is 3. The van der Waals surface area contributed by atoms with Gasteiger partial charge in [0, 0.05) is 19.6 Å². The van der Waals surface area contributed by atoms with Gasteiger partial charge in [0.25, 0.3) is 12.3 Å². The largest absolute Gasteiger partial charge is 0.478 e. The van der Waals surface area contributed by atoms with E-state index >= 15 is 0 Å². The van der Waals surface area contributed by atoms with Gasteiger partial charge in [0.1, 0.15) is 5.69 Å². The summed E-state index contributed by atoms with van der Waals surface area (Å²) in [6.45, 7) is 4.65. The van der Waals surface area contributed by atoms with Crippen molar-refractivity contribution in [1.82, 2.24) is 14.7 Å². The Bertz CT molecular complexity index is 877. The fourth-order valence-electron chi connectivity index (χ4n) is 3.31. The van der Waals surface area contributed by atoms with Gasteiger partial charge in [-0.2, -0.15) is 5.10 Å². The molecule has 144 valence electrons. The zero-order valence-electron chi connectivity index (χ0n) is 15.2. The van der Waals surface area contributed by atoms with Crippen LogP contribution >= 0.6 is 0 Å². The van der Waals surface area contributed by atoms with Crippen LogP contribution in [-0.2, 0) is 19.5 Å². The highest BCUT2D eigenvalue weighted by molar-refractivity contribution is 5.95. The van der Waals surface area contributed by atoms with Gasteiger partial charge in [-0.05, 0) is 35.6 Å². The fourth-order valence-corrected chi connectivity index (χ4v) is 3.31. The van der Waals surface area contributed by atoms with Crippen molar-refractivity contribution in [2.24, 2.45) is 5.92 Å². The lowest BCUT2D eigenvalue weighted by molar-refractivity contribution is 0.0696. The SMILES string of the molecule is CC(C)Cn1ncc(C(=O)N2CCc3ccc(C(=O)O)cc3C2)c1C(F)F. The van der Waals surface area contributed by atoms with E-state index in [0.29, 0.717) is 19.5 Å². The zero-order valence-corrected chi connectivity index (χ0v) is 15.2. The maximum Gasteiger partial charge on any atom is 0.335 e. The number of aromatic nitrogens is 2. The molecule has 0 unspecified atom stereocenters. The maximum atomic E-state index is 13.6. The quantitative estimate of drug-likeness (QED) is 0.867. The van der Waals surface area contributed by atoms with Crippen LogP contribution in [-0.4, -0.2) is 38.2 Å². The van der Waals surface area contributed by atoms with Crippen LogP contribution < -0.4 is 0 Å². The normalized spacial score (nSPS) is 13.9. The molecule has 2 heterocycles. The summed E-state index contributed by atoms with van der Waals surface area (Å²) < 4.78 is 28.4. The minimum absolute atomic E-state index is 0.0940. The number of amides is 1. The molecule has 0 radical (unpaired) electrons. The molecule has 1 aliphatic heterocycles. The maximum absolute atomic E-state index is 13.6. The highest BCUT2D eigenvalue weighted by atomic mass is 19.3. The van der Waals surface area contributed by atoms with Gasteiger partial charge in [-0.1, -0.05) is 19.9 Å². The van der Waals surface area contributed by atoms with Gasteiger partial charge in [-0.3, -0.25) is 9.48 Å². The highest BCUT2D eigenvalue weighted by Gasteiger charge is 2.30. The van der Waals surface area contributed by atoms with Crippen molar-refractivity contribution in [3.8, 4) is 0 Å². The number of aromatic carboxylic acids is 1. The van der Waals surface area contributed by atoms with Gasteiger partial charge in [-0.25, -0.2) is 13.6 Å². The van der Waals surface area contributed by atoms with E-state index < -0.39 is 18.3 Å². The molecule has 0 bridgehead atoms. The van der Waals surface area contributed by atoms with E-state index in [0.717, 1.165) is 11.1 Å². The number of nitrogens with zero attached hydrogens (tertiary/aromatic N) is 3. The van der Waals surface area contributed by atoms with Crippen molar-refractivity contribution < 1.29 is 23.5 Å². The number of benzene rings is 1. The van der Waals surface area contributed by atoms with Crippen LogP contribution in [0.4, 0.5) is 8.78 Å². The summed E-state index contributed by atoms with van der Waals surface area (Å²) in [7, 11) is 0. The Kier molecular flexibility index (Phi) is 5.25. The molecule has 0 spiro atoms. The molecule has 27 heavy (non-hydrogen) atoms. The van der Waals surface area contributed by atoms with Crippen molar-refractivity contribution in [3.63, 3.8) is 0 Å². The number of carbonyl (C=O) groups excluding carboxylic acids is 1. The van der Waals surface area contributed by atoms with Crippen LogP contribution in [0.15, 0.2) is 24.4 Å². The van der Waals surface area contributed by atoms with E-state index in [-0.39, 0.29) is 29.3 Å². The summed E-state index contributed by atoms with van der Waals surface area (Å²) in [6.07, 6.45) is -1.05. The number of hydrogen-bond donors (Lipinski definition) is 1. The van der Waals surface area contributed by atoms with Gasteiger partial charge in [0.05, 0.1) is 17.3 Å². The first-order chi connectivity index (χ1) is 12.8. The second-order valence-electron chi connectivity index (χ2n) is 7.09. The summed E-state index contributed by atoms with van der Waals surface area (Å²) in [5.41, 5.74) is 1.37. The Hall–Kier alpha value is -2.77. The predicted molar refractivity (Wildman–Crippen MR) is 93.9 cm³/mol. The molecule has 1 amide bonds. The van der Waals surface area contributed by atoms with Gasteiger partial charge in [0.15, 0.2) is 0 Å². The highest BCUT2D eigenvalue weighted by Crippen LogP contribution is 2.27.